The van der Waals surface area contributed by atoms with Crippen LogP contribution in [0.25, 0.3) is 16.7 Å². The van der Waals surface area contributed by atoms with Crippen LogP contribution >= 0.6 is 0 Å². The van der Waals surface area contributed by atoms with Gasteiger partial charge in [0.15, 0.2) is 11.0 Å². The molecular formula is C18H12F2N4O4. The minimum absolute atomic E-state index is 0.0601. The molecule has 0 spiro atoms. The van der Waals surface area contributed by atoms with E-state index in [0.29, 0.717) is 17.7 Å². The minimum Gasteiger partial charge on any atom is -0.478 e. The number of alkyl halides is 2. The summed E-state index contributed by atoms with van der Waals surface area (Å²) >= 11 is 0. The fourth-order valence-corrected chi connectivity index (χ4v) is 2.89. The number of hydrogen-bond donors (Lipinski definition) is 0. The van der Waals surface area contributed by atoms with Crippen molar-refractivity contribution in [2.75, 3.05) is 6.61 Å². The summed E-state index contributed by atoms with van der Waals surface area (Å²) in [5.74, 6) is 0.220. The summed E-state index contributed by atoms with van der Waals surface area (Å²) in [5, 5.41) is 0.478. The van der Waals surface area contributed by atoms with Gasteiger partial charge in [0, 0.05) is 11.5 Å². The maximum Gasteiger partial charge on any atom is 0.387 e. The largest absolute Gasteiger partial charge is 0.478 e. The van der Waals surface area contributed by atoms with Gasteiger partial charge in [-0.1, -0.05) is 0 Å². The summed E-state index contributed by atoms with van der Waals surface area (Å²) in [6, 6.07) is 7.90. The Balaban J connectivity index is 2.01. The monoisotopic (exact) mass is 386 g/mol. The van der Waals surface area contributed by atoms with Gasteiger partial charge in [-0.25, -0.2) is 4.79 Å². The van der Waals surface area contributed by atoms with Gasteiger partial charge in [-0.2, -0.15) is 23.7 Å². The number of nitrogens with zero attached hydrogens (tertiary/aromatic N) is 4. The molecule has 1 aliphatic heterocycles. The van der Waals surface area contributed by atoms with Crippen LogP contribution < -0.4 is 25.7 Å². The maximum atomic E-state index is 13.0. The molecule has 0 aliphatic carbocycles. The number of ether oxygens (including phenoxy) is 2. The van der Waals surface area contributed by atoms with Crippen molar-refractivity contribution in [3.8, 4) is 17.3 Å². The molecule has 142 valence electrons. The third-order valence-corrected chi connectivity index (χ3v) is 3.97. The molecule has 0 saturated carbocycles. The summed E-state index contributed by atoms with van der Waals surface area (Å²) in [6.07, 6.45) is 0. The van der Waals surface area contributed by atoms with Crippen LogP contribution in [0.4, 0.5) is 13.6 Å². The molecule has 0 saturated heterocycles. The van der Waals surface area contributed by atoms with Gasteiger partial charge in [0.1, 0.15) is 11.1 Å². The summed E-state index contributed by atoms with van der Waals surface area (Å²) in [5.41, 5.74) is -0.0817. The maximum absolute atomic E-state index is 13.0. The van der Waals surface area contributed by atoms with Gasteiger partial charge in [-0.3, -0.25) is 9.36 Å². The number of amides is 2. The van der Waals surface area contributed by atoms with Crippen molar-refractivity contribution in [3.05, 3.63) is 57.5 Å². The quantitative estimate of drug-likeness (QED) is 0.666. The lowest BCUT2D eigenvalue weighted by Gasteiger charge is -2.11. The number of hydrogen-bond acceptors (Lipinski definition) is 5. The van der Waals surface area contributed by atoms with Gasteiger partial charge >= 0.3 is 12.6 Å². The first-order valence-electron chi connectivity index (χ1n) is 8.23. The summed E-state index contributed by atoms with van der Waals surface area (Å²) in [7, 11) is 0. The number of carbonyl (C=O) groups excluding carboxylic acids is 1. The number of halogens is 2. The Morgan fingerprint density at radius 3 is 2.43 bits per heavy atom. The Labute approximate surface area is 155 Å². The number of rotatable bonds is 5. The van der Waals surface area contributed by atoms with Crippen LogP contribution in [0.3, 0.4) is 0 Å². The molecule has 4 rings (SSSR count). The van der Waals surface area contributed by atoms with Crippen LogP contribution in [-0.4, -0.2) is 28.8 Å². The molecule has 3 heterocycles. The Kier molecular flexibility index (Phi) is 4.30. The van der Waals surface area contributed by atoms with Gasteiger partial charge < -0.3 is 9.47 Å². The molecule has 1 aromatic carbocycles. The SMILES string of the molecule is CCOc1ccc2c3c(c(=O)n(-c4ccc(OC(F)F)cc4)c2n1)=NC(=O)N=3. The topological polar surface area (TPSA) is 95.1 Å². The number of aromatic nitrogens is 2. The van der Waals surface area contributed by atoms with Crippen LogP contribution in [0, 0.1) is 0 Å². The molecule has 8 nitrogen and oxygen atoms in total. The normalized spacial score (nSPS) is 12.6. The molecule has 0 fully saturated rings. The highest BCUT2D eigenvalue weighted by atomic mass is 19.3. The van der Waals surface area contributed by atoms with E-state index in [1.54, 1.807) is 19.1 Å². The van der Waals surface area contributed by atoms with E-state index in [0.717, 1.165) is 0 Å². The molecule has 2 aromatic heterocycles. The van der Waals surface area contributed by atoms with Gasteiger partial charge in [-0.15, -0.1) is 0 Å². The fourth-order valence-electron chi connectivity index (χ4n) is 2.89. The van der Waals surface area contributed by atoms with Gasteiger partial charge in [0.25, 0.3) is 5.56 Å². The van der Waals surface area contributed by atoms with E-state index in [2.05, 4.69) is 19.7 Å². The van der Waals surface area contributed by atoms with E-state index in [1.807, 2.05) is 0 Å². The Morgan fingerprint density at radius 2 is 1.75 bits per heavy atom. The van der Waals surface area contributed by atoms with Crippen molar-refractivity contribution < 1.29 is 23.0 Å². The zero-order chi connectivity index (χ0) is 19.8. The van der Waals surface area contributed by atoms with Crippen LogP contribution in [0.15, 0.2) is 51.2 Å². The van der Waals surface area contributed by atoms with E-state index in [-0.39, 0.29) is 28.0 Å². The molecule has 28 heavy (non-hydrogen) atoms. The first-order chi connectivity index (χ1) is 13.5. The molecule has 3 aromatic rings. The zero-order valence-electron chi connectivity index (χ0n) is 14.4. The van der Waals surface area contributed by atoms with Crippen LogP contribution in [-0.2, 0) is 0 Å². The molecule has 0 atom stereocenters. The second kappa shape index (κ2) is 6.80. The number of fused-ring (bicyclic) bond motifs is 3. The van der Waals surface area contributed by atoms with Gasteiger partial charge in [-0.05, 0) is 37.3 Å². The van der Waals surface area contributed by atoms with Crippen molar-refractivity contribution in [2.45, 2.75) is 13.5 Å². The van der Waals surface area contributed by atoms with Gasteiger partial charge in [0.05, 0.1) is 12.3 Å². The first kappa shape index (κ1) is 17.7. The molecule has 0 bridgehead atoms. The van der Waals surface area contributed by atoms with Crippen LogP contribution in [0.2, 0.25) is 0 Å². The average Bonchev–Trinajstić information content (AvgIpc) is 3.05. The number of urea groups is 1. The molecule has 1 aliphatic rings. The van der Waals surface area contributed by atoms with E-state index < -0.39 is 18.2 Å². The molecule has 0 radical (unpaired) electrons. The summed E-state index contributed by atoms with van der Waals surface area (Å²) in [6.45, 7) is -0.807. The number of carbonyl (C=O) groups is 1. The van der Waals surface area contributed by atoms with E-state index in [9.17, 15) is 18.4 Å². The van der Waals surface area contributed by atoms with Crippen molar-refractivity contribution in [3.63, 3.8) is 0 Å². The van der Waals surface area contributed by atoms with Crippen molar-refractivity contribution >= 4 is 17.1 Å². The highest BCUT2D eigenvalue weighted by Crippen LogP contribution is 2.20. The summed E-state index contributed by atoms with van der Waals surface area (Å²) in [4.78, 5) is 36.5. The smallest absolute Gasteiger partial charge is 0.387 e. The standard InChI is InChI=1S/C18H12F2N4O4/c1-2-27-12-8-7-11-13-14(23-18(26)22-13)16(25)24(15(11)21-12)9-3-5-10(6-4-9)28-17(19)20/h3-8,17H,2H2,1H3. The van der Waals surface area contributed by atoms with E-state index in [4.69, 9.17) is 4.74 Å². The van der Waals surface area contributed by atoms with Crippen molar-refractivity contribution in [1.29, 1.82) is 0 Å². The first-order valence-corrected chi connectivity index (χ1v) is 8.23. The number of pyridine rings is 2. The molecule has 0 N–H and O–H groups in total. The molecule has 0 unspecified atom stereocenters. The van der Waals surface area contributed by atoms with Crippen LogP contribution in [0.1, 0.15) is 6.92 Å². The van der Waals surface area contributed by atoms with Gasteiger partial charge in [0.2, 0.25) is 5.88 Å². The zero-order valence-corrected chi connectivity index (χ0v) is 14.4. The molecule has 2 amide bonds. The molecular weight excluding hydrogens is 374 g/mol. The third-order valence-electron chi connectivity index (χ3n) is 3.97. The predicted octanol–water partition coefficient (Wildman–Crippen LogP) is 1.76. The van der Waals surface area contributed by atoms with E-state index in [1.165, 1.54) is 28.8 Å². The average molecular weight is 386 g/mol. The van der Waals surface area contributed by atoms with Crippen LogP contribution in [0.5, 0.6) is 11.6 Å². The Hall–Kier alpha value is -3.69. The Bertz CT molecular complexity index is 1270. The van der Waals surface area contributed by atoms with Crippen molar-refractivity contribution in [2.24, 2.45) is 9.98 Å². The highest BCUT2D eigenvalue weighted by Gasteiger charge is 2.19. The fraction of sp³-hybridized carbons (Fsp3) is 0.167. The lowest BCUT2D eigenvalue weighted by molar-refractivity contribution is -0.0498. The molecule has 10 heteroatoms. The second-order valence-corrected chi connectivity index (χ2v) is 5.67. The third kappa shape index (κ3) is 2.98. The lowest BCUT2D eigenvalue weighted by atomic mass is 10.2. The predicted molar refractivity (Wildman–Crippen MR) is 92.8 cm³/mol. The Morgan fingerprint density at radius 1 is 1.04 bits per heavy atom. The minimum atomic E-state index is -2.96. The van der Waals surface area contributed by atoms with E-state index >= 15 is 0 Å². The summed E-state index contributed by atoms with van der Waals surface area (Å²) < 4.78 is 35.7. The lowest BCUT2D eigenvalue weighted by Crippen LogP contribution is -2.43. The second-order valence-electron chi connectivity index (χ2n) is 5.67. The van der Waals surface area contributed by atoms with Crippen molar-refractivity contribution in [1.82, 2.24) is 9.55 Å². The highest BCUT2D eigenvalue weighted by molar-refractivity contribution is 5.83. The number of benzene rings is 1.